The molecule has 2 amide bonds. The Labute approximate surface area is 195 Å². The van der Waals surface area contributed by atoms with Crippen molar-refractivity contribution in [2.75, 3.05) is 0 Å². The van der Waals surface area contributed by atoms with Crippen LogP contribution in [0.5, 0.6) is 0 Å². The summed E-state index contributed by atoms with van der Waals surface area (Å²) in [4.78, 5) is 31.4. The molecule has 3 aromatic carbocycles. The highest BCUT2D eigenvalue weighted by Gasteiger charge is 2.33. The summed E-state index contributed by atoms with van der Waals surface area (Å²) >= 11 is 0. The molecule has 0 aromatic heterocycles. The molecule has 1 unspecified atom stereocenters. The van der Waals surface area contributed by atoms with Gasteiger partial charge in [0.25, 0.3) is 0 Å². The van der Waals surface area contributed by atoms with Gasteiger partial charge in [-0.05, 0) is 61.4 Å². The number of hydrogen-bond acceptors (Lipinski definition) is 3. The average molecular weight is 443 g/mol. The Bertz CT molecular complexity index is 1080. The predicted molar refractivity (Wildman–Crippen MR) is 129 cm³/mol. The first-order valence-electron chi connectivity index (χ1n) is 11.3. The van der Waals surface area contributed by atoms with Gasteiger partial charge in [-0.25, -0.2) is 5.06 Å². The summed E-state index contributed by atoms with van der Waals surface area (Å²) in [6.45, 7) is 5.56. The minimum atomic E-state index is -0.893. The minimum absolute atomic E-state index is 0.0101. The molecule has 0 radical (unpaired) electrons. The van der Waals surface area contributed by atoms with Crippen molar-refractivity contribution >= 4 is 12.3 Å². The summed E-state index contributed by atoms with van der Waals surface area (Å²) in [5, 5.41) is 4.29. The maximum absolute atomic E-state index is 13.5. The number of carbonyl (C=O) groups excluding carboxylic acids is 2. The van der Waals surface area contributed by atoms with E-state index in [0.29, 0.717) is 12.0 Å². The van der Waals surface area contributed by atoms with Gasteiger partial charge in [-0.15, -0.1) is 0 Å². The molecule has 0 saturated heterocycles. The van der Waals surface area contributed by atoms with Crippen molar-refractivity contribution in [1.29, 1.82) is 0 Å². The second-order valence-corrected chi connectivity index (χ2v) is 9.44. The zero-order chi connectivity index (χ0) is 23.4. The van der Waals surface area contributed by atoms with Crippen LogP contribution in [-0.4, -0.2) is 29.0 Å². The molecule has 5 nitrogen and oxygen atoms in total. The van der Waals surface area contributed by atoms with Crippen LogP contribution in [0.15, 0.2) is 78.9 Å². The van der Waals surface area contributed by atoms with Crippen molar-refractivity contribution in [3.63, 3.8) is 0 Å². The average Bonchev–Trinajstić information content (AvgIpc) is 3.21. The third kappa shape index (κ3) is 5.49. The number of benzene rings is 3. The smallest absolute Gasteiger partial charge is 0.250 e. The zero-order valence-electron chi connectivity index (χ0n) is 19.3. The van der Waals surface area contributed by atoms with Gasteiger partial charge in [0.05, 0.1) is 5.60 Å². The van der Waals surface area contributed by atoms with Gasteiger partial charge in [0.15, 0.2) is 6.04 Å². The van der Waals surface area contributed by atoms with Gasteiger partial charge < -0.3 is 5.32 Å². The third-order valence-corrected chi connectivity index (χ3v) is 5.72. The summed E-state index contributed by atoms with van der Waals surface area (Å²) in [5.41, 5.74) is 4.70. The van der Waals surface area contributed by atoms with Crippen LogP contribution >= 0.6 is 0 Å². The number of nitrogens with one attached hydrogen (secondary N) is 1. The van der Waals surface area contributed by atoms with Crippen LogP contribution in [0, 0.1) is 0 Å². The molecule has 0 fully saturated rings. The fourth-order valence-electron chi connectivity index (χ4n) is 4.29. The Morgan fingerprint density at radius 2 is 1.45 bits per heavy atom. The van der Waals surface area contributed by atoms with Crippen LogP contribution in [-0.2, 0) is 27.3 Å². The SMILES string of the molecule is CC(C)(C)ON(C=O)C(C(=O)NC1Cc2ccccc2C1)c1ccc(-c2ccccc2)cc1. The highest BCUT2D eigenvalue weighted by molar-refractivity contribution is 5.85. The maximum Gasteiger partial charge on any atom is 0.250 e. The van der Waals surface area contributed by atoms with E-state index >= 15 is 0 Å². The van der Waals surface area contributed by atoms with Gasteiger partial charge in [-0.3, -0.25) is 14.4 Å². The Hall–Kier alpha value is -3.44. The van der Waals surface area contributed by atoms with Crippen LogP contribution in [0.1, 0.15) is 43.5 Å². The molecule has 4 rings (SSSR count). The molecule has 33 heavy (non-hydrogen) atoms. The van der Waals surface area contributed by atoms with Crippen LogP contribution in [0.4, 0.5) is 0 Å². The third-order valence-electron chi connectivity index (χ3n) is 5.72. The molecular formula is C28H30N2O3. The summed E-state index contributed by atoms with van der Waals surface area (Å²) < 4.78 is 0. The van der Waals surface area contributed by atoms with E-state index in [9.17, 15) is 9.59 Å². The van der Waals surface area contributed by atoms with Crippen LogP contribution < -0.4 is 5.32 Å². The standard InChI is InChI=1S/C28H30N2O3/c1-28(2,3)33-30(19-31)26(22-15-13-21(14-16-22)20-9-5-4-6-10-20)27(32)29-25-17-23-11-7-8-12-24(23)18-25/h4-16,19,25-26H,17-18H2,1-3H3,(H,29,32). The van der Waals surface area contributed by atoms with Crippen molar-refractivity contribution in [2.45, 2.75) is 51.3 Å². The topological polar surface area (TPSA) is 58.6 Å². The van der Waals surface area contributed by atoms with E-state index in [0.717, 1.165) is 29.0 Å². The van der Waals surface area contributed by atoms with Gasteiger partial charge >= 0.3 is 0 Å². The Balaban J connectivity index is 1.59. The lowest BCUT2D eigenvalue weighted by Gasteiger charge is -2.33. The highest BCUT2D eigenvalue weighted by Crippen LogP contribution is 2.28. The molecule has 0 saturated carbocycles. The van der Waals surface area contributed by atoms with Crippen molar-refractivity contribution in [1.82, 2.24) is 10.4 Å². The van der Waals surface area contributed by atoms with Gasteiger partial charge in [0.1, 0.15) is 0 Å². The highest BCUT2D eigenvalue weighted by atomic mass is 16.7. The first kappa shape index (κ1) is 22.7. The molecule has 5 heteroatoms. The molecule has 0 bridgehead atoms. The normalized spacial score (nSPS) is 14.4. The van der Waals surface area contributed by atoms with E-state index in [1.54, 1.807) is 0 Å². The molecule has 1 aliphatic rings. The molecule has 3 aromatic rings. The monoisotopic (exact) mass is 442 g/mol. The summed E-state index contributed by atoms with van der Waals surface area (Å²) in [6, 6.07) is 25.1. The van der Waals surface area contributed by atoms with E-state index in [2.05, 4.69) is 17.4 Å². The van der Waals surface area contributed by atoms with E-state index in [1.165, 1.54) is 11.1 Å². The van der Waals surface area contributed by atoms with Crippen molar-refractivity contribution < 1.29 is 14.4 Å². The Kier molecular flexibility index (Phi) is 6.61. The minimum Gasteiger partial charge on any atom is -0.351 e. The Morgan fingerprint density at radius 3 is 2.00 bits per heavy atom. The van der Waals surface area contributed by atoms with E-state index in [-0.39, 0.29) is 11.9 Å². The zero-order valence-corrected chi connectivity index (χ0v) is 19.3. The number of hydroxylamine groups is 2. The lowest BCUT2D eigenvalue weighted by Crippen LogP contribution is -2.46. The first-order valence-corrected chi connectivity index (χ1v) is 11.3. The van der Waals surface area contributed by atoms with E-state index < -0.39 is 11.6 Å². The molecule has 0 heterocycles. The van der Waals surface area contributed by atoms with Crippen molar-refractivity contribution in [3.8, 4) is 11.1 Å². The van der Waals surface area contributed by atoms with Crippen LogP contribution in [0.2, 0.25) is 0 Å². The first-order chi connectivity index (χ1) is 15.8. The number of rotatable bonds is 7. The summed E-state index contributed by atoms with van der Waals surface area (Å²) in [7, 11) is 0. The fraction of sp³-hybridized carbons (Fsp3) is 0.286. The Morgan fingerprint density at radius 1 is 0.909 bits per heavy atom. The van der Waals surface area contributed by atoms with Crippen LogP contribution in [0.3, 0.4) is 0 Å². The van der Waals surface area contributed by atoms with Crippen molar-refractivity contribution in [3.05, 3.63) is 95.6 Å². The summed E-state index contributed by atoms with van der Waals surface area (Å²) in [5.74, 6) is -0.253. The number of nitrogens with zero attached hydrogens (tertiary/aromatic N) is 1. The quantitative estimate of drug-likeness (QED) is 0.420. The van der Waals surface area contributed by atoms with E-state index in [4.69, 9.17) is 4.84 Å². The lowest BCUT2D eigenvalue weighted by molar-refractivity contribution is -0.232. The second kappa shape index (κ2) is 9.59. The number of carbonyl (C=O) groups is 2. The predicted octanol–water partition coefficient (Wildman–Crippen LogP) is 4.87. The van der Waals surface area contributed by atoms with E-state index in [1.807, 2.05) is 87.5 Å². The largest absolute Gasteiger partial charge is 0.351 e. The van der Waals surface area contributed by atoms with Gasteiger partial charge in [-0.2, -0.15) is 0 Å². The molecule has 1 N–H and O–H groups in total. The number of hydrogen-bond donors (Lipinski definition) is 1. The van der Waals surface area contributed by atoms with Gasteiger partial charge in [-0.1, -0.05) is 78.9 Å². The van der Waals surface area contributed by atoms with Gasteiger partial charge in [0, 0.05) is 6.04 Å². The van der Waals surface area contributed by atoms with Crippen LogP contribution in [0.25, 0.3) is 11.1 Å². The number of amides is 2. The number of fused-ring (bicyclic) bond motifs is 1. The molecule has 1 aliphatic carbocycles. The molecule has 1 atom stereocenters. The maximum atomic E-state index is 13.5. The van der Waals surface area contributed by atoms with Crippen molar-refractivity contribution in [2.24, 2.45) is 0 Å². The van der Waals surface area contributed by atoms with Gasteiger partial charge in [0.2, 0.25) is 12.3 Å². The molecule has 170 valence electrons. The molecule has 0 spiro atoms. The summed E-state index contributed by atoms with van der Waals surface area (Å²) in [6.07, 6.45) is 2.15. The lowest BCUT2D eigenvalue weighted by atomic mass is 10.00. The fourth-order valence-corrected chi connectivity index (χ4v) is 4.29. The molecular weight excluding hydrogens is 412 g/mol. The second-order valence-electron chi connectivity index (χ2n) is 9.44. The molecule has 0 aliphatic heterocycles.